The number of methoxy groups -OCH3 is 1. The summed E-state index contributed by atoms with van der Waals surface area (Å²) in [5.74, 6) is 0.154. The molecule has 6 heteroatoms. The van der Waals surface area contributed by atoms with Crippen molar-refractivity contribution in [2.45, 2.75) is 46.0 Å². The number of hydrogen-bond acceptors (Lipinski definition) is 5. The first-order valence-corrected chi connectivity index (χ1v) is 9.12. The molecule has 130 valence electrons. The Bertz CT molecular complexity index is 532. The number of hydrogen-bond donors (Lipinski definition) is 1. The molecule has 0 unspecified atom stereocenters. The van der Waals surface area contributed by atoms with Crippen LogP contribution >= 0.6 is 11.3 Å². The first-order valence-electron chi connectivity index (χ1n) is 8.30. The minimum Gasteiger partial charge on any atom is -0.396 e. The first-order chi connectivity index (χ1) is 11.0. The summed E-state index contributed by atoms with van der Waals surface area (Å²) in [5, 5.41) is 10.9. The Hall–Kier alpha value is -0.980. The molecule has 0 radical (unpaired) electrons. The molecule has 0 spiro atoms. The summed E-state index contributed by atoms with van der Waals surface area (Å²) in [6.07, 6.45) is 4.19. The van der Waals surface area contributed by atoms with Crippen LogP contribution in [0.25, 0.3) is 0 Å². The molecule has 0 bridgehead atoms. The second-order valence-electron chi connectivity index (χ2n) is 6.59. The molecule has 1 fully saturated rings. The van der Waals surface area contributed by atoms with E-state index in [0.29, 0.717) is 19.6 Å². The molecular weight excluding hydrogens is 312 g/mol. The van der Waals surface area contributed by atoms with Gasteiger partial charge in [-0.15, -0.1) is 11.3 Å². The average molecular weight is 340 g/mol. The van der Waals surface area contributed by atoms with Crippen LogP contribution in [0.5, 0.6) is 0 Å². The van der Waals surface area contributed by atoms with Crippen molar-refractivity contribution >= 4 is 17.2 Å². The van der Waals surface area contributed by atoms with E-state index < -0.39 is 0 Å². The molecule has 1 atom stereocenters. The molecule has 23 heavy (non-hydrogen) atoms. The van der Waals surface area contributed by atoms with E-state index in [1.807, 2.05) is 18.7 Å². The number of aliphatic hydroxyl groups is 1. The number of thiazole rings is 1. The van der Waals surface area contributed by atoms with Gasteiger partial charge in [0.1, 0.15) is 0 Å². The summed E-state index contributed by atoms with van der Waals surface area (Å²) >= 11 is 1.60. The molecule has 5 nitrogen and oxygen atoms in total. The number of ether oxygens (including phenoxy) is 1. The quantitative estimate of drug-likeness (QED) is 0.774. The highest BCUT2D eigenvalue weighted by Gasteiger charge is 2.36. The third kappa shape index (κ3) is 4.75. The van der Waals surface area contributed by atoms with Crippen LogP contribution in [0.2, 0.25) is 0 Å². The van der Waals surface area contributed by atoms with Crippen molar-refractivity contribution in [1.82, 2.24) is 9.88 Å². The second-order valence-corrected chi connectivity index (χ2v) is 7.88. The predicted octanol–water partition coefficient (Wildman–Crippen LogP) is 2.33. The van der Waals surface area contributed by atoms with E-state index in [1.54, 1.807) is 18.4 Å². The molecular formula is C17H28N2O3S. The topological polar surface area (TPSA) is 62.7 Å². The van der Waals surface area contributed by atoms with Crippen LogP contribution in [0.4, 0.5) is 0 Å². The standard InChI is InChI=1S/C17H28N2O3S/c1-13-15(23-14(2)18-13)10-16(21)19-8-4-6-17(11-19,12-20)7-5-9-22-3/h20H,4-12H2,1-3H3/t17-/m0/s1. The van der Waals surface area contributed by atoms with Gasteiger partial charge in [0, 0.05) is 37.1 Å². The van der Waals surface area contributed by atoms with Gasteiger partial charge in [-0.1, -0.05) is 0 Å². The molecule has 1 aliphatic rings. The van der Waals surface area contributed by atoms with Gasteiger partial charge in [0.2, 0.25) is 5.91 Å². The van der Waals surface area contributed by atoms with Gasteiger partial charge < -0.3 is 14.7 Å². The Morgan fingerprint density at radius 2 is 2.26 bits per heavy atom. The zero-order valence-corrected chi connectivity index (χ0v) is 15.2. The van der Waals surface area contributed by atoms with Crippen LogP contribution in [-0.4, -0.2) is 54.3 Å². The number of aromatic nitrogens is 1. The Labute approximate surface area is 142 Å². The van der Waals surface area contributed by atoms with Crippen LogP contribution < -0.4 is 0 Å². The van der Waals surface area contributed by atoms with Crippen LogP contribution in [0.15, 0.2) is 0 Å². The second kappa shape index (κ2) is 8.22. The van der Waals surface area contributed by atoms with Gasteiger partial charge in [-0.2, -0.15) is 0 Å². The molecule has 1 aliphatic heterocycles. The molecule has 1 saturated heterocycles. The normalized spacial score (nSPS) is 21.7. The van der Waals surface area contributed by atoms with Crippen molar-refractivity contribution in [3.8, 4) is 0 Å². The molecule has 1 aromatic heterocycles. The molecule has 2 heterocycles. The average Bonchev–Trinajstić information content (AvgIpc) is 2.85. The highest BCUT2D eigenvalue weighted by atomic mass is 32.1. The fourth-order valence-corrected chi connectivity index (χ4v) is 4.34. The SMILES string of the molecule is COCCC[C@@]1(CO)CCCN(C(=O)Cc2sc(C)nc2C)C1. The van der Waals surface area contributed by atoms with E-state index in [1.165, 1.54) is 0 Å². The maximum absolute atomic E-state index is 12.7. The molecule has 0 aliphatic carbocycles. The van der Waals surface area contributed by atoms with Gasteiger partial charge in [0.25, 0.3) is 0 Å². The summed E-state index contributed by atoms with van der Waals surface area (Å²) in [7, 11) is 1.70. The lowest BCUT2D eigenvalue weighted by Gasteiger charge is -2.42. The fraction of sp³-hybridized carbons (Fsp3) is 0.765. The Morgan fingerprint density at radius 3 is 2.87 bits per heavy atom. The predicted molar refractivity (Wildman–Crippen MR) is 91.7 cm³/mol. The van der Waals surface area contributed by atoms with Crippen molar-refractivity contribution in [3.63, 3.8) is 0 Å². The monoisotopic (exact) mass is 340 g/mol. The molecule has 1 amide bonds. The summed E-state index contributed by atoms with van der Waals surface area (Å²) in [6.45, 7) is 6.23. The molecule has 1 aromatic rings. The van der Waals surface area contributed by atoms with E-state index >= 15 is 0 Å². The summed E-state index contributed by atoms with van der Waals surface area (Å²) in [5.41, 5.74) is 0.803. The van der Waals surface area contributed by atoms with Gasteiger partial charge in [0.15, 0.2) is 0 Å². The number of carbonyl (C=O) groups is 1. The van der Waals surface area contributed by atoms with Crippen molar-refractivity contribution in [2.24, 2.45) is 5.41 Å². The van der Waals surface area contributed by atoms with Gasteiger partial charge >= 0.3 is 0 Å². The number of amides is 1. The lowest BCUT2D eigenvalue weighted by Crippen LogP contribution is -2.48. The number of aliphatic hydroxyl groups excluding tert-OH is 1. The van der Waals surface area contributed by atoms with E-state index in [4.69, 9.17) is 4.74 Å². The summed E-state index contributed by atoms with van der Waals surface area (Å²) in [6, 6.07) is 0. The lowest BCUT2D eigenvalue weighted by atomic mass is 9.77. The minimum atomic E-state index is -0.162. The third-order valence-corrected chi connectivity index (χ3v) is 5.79. The Morgan fingerprint density at radius 1 is 1.48 bits per heavy atom. The van der Waals surface area contributed by atoms with Crippen molar-refractivity contribution in [2.75, 3.05) is 33.4 Å². The molecule has 0 saturated carbocycles. The van der Waals surface area contributed by atoms with E-state index in [2.05, 4.69) is 4.98 Å². The highest BCUT2D eigenvalue weighted by Crippen LogP contribution is 2.34. The number of carbonyl (C=O) groups excluding carboxylic acids is 1. The van der Waals surface area contributed by atoms with Gasteiger partial charge in [-0.25, -0.2) is 4.98 Å². The maximum atomic E-state index is 12.7. The smallest absolute Gasteiger partial charge is 0.227 e. The zero-order chi connectivity index (χ0) is 16.9. The number of piperidine rings is 1. The zero-order valence-electron chi connectivity index (χ0n) is 14.4. The first kappa shape index (κ1) is 18.4. The van der Waals surface area contributed by atoms with Gasteiger partial charge in [-0.05, 0) is 39.5 Å². The van der Waals surface area contributed by atoms with Gasteiger partial charge in [-0.3, -0.25) is 4.79 Å². The van der Waals surface area contributed by atoms with Crippen LogP contribution in [-0.2, 0) is 16.0 Å². The summed E-state index contributed by atoms with van der Waals surface area (Å²) < 4.78 is 5.12. The molecule has 0 aromatic carbocycles. The number of rotatable bonds is 7. The number of nitrogens with zero attached hydrogens (tertiary/aromatic N) is 2. The van der Waals surface area contributed by atoms with Crippen molar-refractivity contribution < 1.29 is 14.6 Å². The van der Waals surface area contributed by atoms with Gasteiger partial charge in [0.05, 0.1) is 23.7 Å². The lowest BCUT2D eigenvalue weighted by molar-refractivity contribution is -0.135. The minimum absolute atomic E-state index is 0.138. The maximum Gasteiger partial charge on any atom is 0.227 e. The van der Waals surface area contributed by atoms with Crippen molar-refractivity contribution in [3.05, 3.63) is 15.6 Å². The highest BCUT2D eigenvalue weighted by molar-refractivity contribution is 7.11. The molecule has 2 rings (SSSR count). The number of aryl methyl sites for hydroxylation is 2. The van der Waals surface area contributed by atoms with Crippen molar-refractivity contribution in [1.29, 1.82) is 0 Å². The van der Waals surface area contributed by atoms with E-state index in [0.717, 1.165) is 47.8 Å². The number of likely N-dealkylation sites (tertiary alicyclic amines) is 1. The fourth-order valence-electron chi connectivity index (χ4n) is 3.41. The van der Waals surface area contributed by atoms with Crippen LogP contribution in [0.3, 0.4) is 0 Å². The summed E-state index contributed by atoms with van der Waals surface area (Å²) in [4.78, 5) is 20.1. The van der Waals surface area contributed by atoms with E-state index in [9.17, 15) is 9.90 Å². The van der Waals surface area contributed by atoms with Crippen LogP contribution in [0.1, 0.15) is 41.3 Å². The Kier molecular flexibility index (Phi) is 6.56. The van der Waals surface area contributed by atoms with E-state index in [-0.39, 0.29) is 17.9 Å². The Balaban J connectivity index is 1.98. The molecule has 1 N–H and O–H groups in total. The van der Waals surface area contributed by atoms with Crippen LogP contribution in [0, 0.1) is 19.3 Å². The largest absolute Gasteiger partial charge is 0.396 e. The third-order valence-electron chi connectivity index (χ3n) is 4.72.